The van der Waals surface area contributed by atoms with E-state index in [1.807, 2.05) is 0 Å². The van der Waals surface area contributed by atoms with Gasteiger partial charge < -0.3 is 9.13 Å². The average molecular weight is 805 g/mol. The van der Waals surface area contributed by atoms with Gasteiger partial charge in [0, 0.05) is 39.7 Å². The quantitative estimate of drug-likeness (QED) is 0.148. The second kappa shape index (κ2) is 14.5. The zero-order chi connectivity index (χ0) is 41.4. The molecule has 9 aromatic rings. The minimum absolute atomic E-state index is 0.450. The number of para-hydroxylation sites is 1. The van der Waals surface area contributed by atoms with E-state index in [9.17, 15) is 0 Å². The van der Waals surface area contributed by atoms with E-state index in [0.29, 0.717) is 11.8 Å². The lowest BCUT2D eigenvalue weighted by Gasteiger charge is -2.23. The molecule has 2 heterocycles. The molecule has 13 rings (SSSR count). The molecule has 0 bridgehead atoms. The van der Waals surface area contributed by atoms with Gasteiger partial charge in [-0.15, -0.1) is 0 Å². The fraction of sp³-hybridized carbons (Fsp3) is 0.0820. The van der Waals surface area contributed by atoms with E-state index in [2.05, 4.69) is 228 Å². The molecule has 4 aliphatic carbocycles. The predicted octanol–water partition coefficient (Wildman–Crippen LogP) is 16.0. The van der Waals surface area contributed by atoms with Gasteiger partial charge in [0.05, 0.1) is 16.9 Å². The molecule has 2 nitrogen and oxygen atoms in total. The Labute approximate surface area is 368 Å². The van der Waals surface area contributed by atoms with Crippen LogP contribution in [0.3, 0.4) is 0 Å². The summed E-state index contributed by atoms with van der Waals surface area (Å²) in [5, 5.41) is 6.68. The molecule has 298 valence electrons. The van der Waals surface area contributed by atoms with E-state index in [0.717, 1.165) is 19.3 Å². The lowest BCUT2D eigenvalue weighted by atomic mass is 9.83. The molecule has 0 radical (unpaired) electrons. The van der Waals surface area contributed by atoms with Crippen molar-refractivity contribution in [3.8, 4) is 39.2 Å². The first-order chi connectivity index (χ1) is 31.3. The molecular weight excluding hydrogens is 761 g/mol. The van der Waals surface area contributed by atoms with Gasteiger partial charge in [-0.3, -0.25) is 0 Å². The van der Waals surface area contributed by atoms with E-state index in [-0.39, 0.29) is 0 Å². The van der Waals surface area contributed by atoms with Gasteiger partial charge in [-0.25, -0.2) is 0 Å². The van der Waals surface area contributed by atoms with Crippen LogP contribution in [0.4, 0.5) is 0 Å². The Hall–Kier alpha value is -7.68. The summed E-state index contributed by atoms with van der Waals surface area (Å²) in [5.41, 5.74) is 19.2. The van der Waals surface area contributed by atoms with E-state index in [1.165, 1.54) is 111 Å². The van der Waals surface area contributed by atoms with Crippen LogP contribution in [-0.4, -0.2) is 9.13 Å². The van der Waals surface area contributed by atoms with Gasteiger partial charge in [-0.05, 0) is 128 Å². The van der Waals surface area contributed by atoms with Crippen molar-refractivity contribution in [2.45, 2.75) is 25.2 Å². The number of hydrogen-bond acceptors (Lipinski definition) is 0. The van der Waals surface area contributed by atoms with Crippen LogP contribution in [-0.2, 0) is 0 Å². The van der Waals surface area contributed by atoms with Crippen molar-refractivity contribution in [1.82, 2.24) is 9.13 Å². The molecule has 0 amide bonds. The van der Waals surface area contributed by atoms with Crippen LogP contribution >= 0.6 is 0 Å². The van der Waals surface area contributed by atoms with E-state index in [1.54, 1.807) is 0 Å². The molecule has 0 aliphatic heterocycles. The highest BCUT2D eigenvalue weighted by Crippen LogP contribution is 2.62. The van der Waals surface area contributed by atoms with Gasteiger partial charge >= 0.3 is 0 Å². The highest BCUT2D eigenvalue weighted by atomic mass is 15.0. The zero-order valence-electron chi connectivity index (χ0n) is 35.0. The molecule has 1 fully saturated rings. The van der Waals surface area contributed by atoms with Gasteiger partial charge in [0.2, 0.25) is 0 Å². The van der Waals surface area contributed by atoms with Crippen LogP contribution in [0, 0.1) is 5.92 Å². The lowest BCUT2D eigenvalue weighted by Crippen LogP contribution is -2.06. The average Bonchev–Trinajstić information content (AvgIpc) is 4.04. The van der Waals surface area contributed by atoms with Crippen LogP contribution in [0.15, 0.2) is 224 Å². The molecule has 1 saturated carbocycles. The summed E-state index contributed by atoms with van der Waals surface area (Å²) < 4.78 is 5.03. The van der Waals surface area contributed by atoms with Crippen LogP contribution in [0.25, 0.3) is 89.0 Å². The Morgan fingerprint density at radius 1 is 0.524 bits per heavy atom. The van der Waals surface area contributed by atoms with Crippen molar-refractivity contribution in [3.63, 3.8) is 0 Å². The number of fused-ring (bicyclic) bond motifs is 10. The number of hydrogen-bond donors (Lipinski definition) is 0. The Morgan fingerprint density at radius 2 is 1.21 bits per heavy atom. The maximum absolute atomic E-state index is 2.58. The summed E-state index contributed by atoms with van der Waals surface area (Å²) in [7, 11) is 0. The summed E-state index contributed by atoms with van der Waals surface area (Å²) in [4.78, 5) is 0. The summed E-state index contributed by atoms with van der Waals surface area (Å²) in [5.74, 6) is 0.941. The molecule has 0 saturated heterocycles. The highest BCUT2D eigenvalue weighted by molar-refractivity contribution is 6.15. The van der Waals surface area contributed by atoms with Crippen molar-refractivity contribution in [3.05, 3.63) is 240 Å². The fourth-order valence-electron chi connectivity index (χ4n) is 11.0. The first kappa shape index (κ1) is 36.0. The third-order valence-corrected chi connectivity index (χ3v) is 13.9. The van der Waals surface area contributed by atoms with Crippen molar-refractivity contribution in [2.24, 2.45) is 5.92 Å². The predicted molar refractivity (Wildman–Crippen MR) is 266 cm³/mol. The molecule has 0 N–H and O–H groups in total. The number of aromatic nitrogens is 2. The van der Waals surface area contributed by atoms with Crippen LogP contribution in [0.1, 0.15) is 42.0 Å². The maximum Gasteiger partial charge on any atom is 0.0614 e. The van der Waals surface area contributed by atoms with Crippen molar-refractivity contribution < 1.29 is 0 Å². The number of benzene rings is 7. The van der Waals surface area contributed by atoms with E-state index >= 15 is 0 Å². The molecule has 2 unspecified atom stereocenters. The smallest absolute Gasteiger partial charge is 0.0614 e. The summed E-state index contributed by atoms with van der Waals surface area (Å²) in [6.07, 6.45) is 23.9. The Kier molecular flexibility index (Phi) is 8.27. The molecule has 2 atom stereocenters. The minimum Gasteiger partial charge on any atom is -0.316 e. The fourth-order valence-corrected chi connectivity index (χ4v) is 11.0. The first-order valence-corrected chi connectivity index (χ1v) is 22.4. The monoisotopic (exact) mass is 804 g/mol. The largest absolute Gasteiger partial charge is 0.316 e. The molecule has 2 aromatic heterocycles. The third-order valence-electron chi connectivity index (χ3n) is 13.9. The topological polar surface area (TPSA) is 9.86 Å². The zero-order valence-corrected chi connectivity index (χ0v) is 35.0. The first-order valence-electron chi connectivity index (χ1n) is 22.4. The van der Waals surface area contributed by atoms with E-state index in [4.69, 9.17) is 0 Å². The SMILES string of the molecule is C1=CCC2=CC(n3cc(-c4ccccc4)c4ccc(-c5c(-c6ccccc6)cc(C6=Cc7c(c8ccccc8c8ccccc78)C7CC67)n5-c5ccccc5)cc43)=CCC=C2C=C1. The second-order valence-electron chi connectivity index (χ2n) is 17.5. The molecule has 4 aliphatic rings. The summed E-state index contributed by atoms with van der Waals surface area (Å²) >= 11 is 0. The minimum atomic E-state index is 0.450. The normalized spacial score (nSPS) is 17.6. The van der Waals surface area contributed by atoms with Crippen LogP contribution in [0.2, 0.25) is 0 Å². The Balaban J connectivity index is 1.08. The standard InChI is InChI=1S/C61H44N2/c1-5-18-40-24-17-27-46(34-43(40)23-10-1)62-39-57(42-21-8-3-9-22-42)50-33-32-44(35-58(50)62)61-52(41-19-6-2-7-20-41)38-59(63(61)45-25-11-4-12-26-45)54-37-55-49-30-14-13-28-47(49)48-29-15-16-31-51(48)60(55)56-36-53(54)56/h1-16,18-22,24-35,37-39,53,56H,17,23,36H2. The Bertz CT molecular complexity index is 3510. The van der Waals surface area contributed by atoms with Crippen LogP contribution < -0.4 is 0 Å². The lowest BCUT2D eigenvalue weighted by molar-refractivity contribution is 0.982. The van der Waals surface area contributed by atoms with Gasteiger partial charge in [-0.1, -0.05) is 176 Å². The van der Waals surface area contributed by atoms with Crippen molar-refractivity contribution in [2.75, 3.05) is 0 Å². The highest BCUT2D eigenvalue weighted by Gasteiger charge is 2.47. The van der Waals surface area contributed by atoms with Crippen molar-refractivity contribution >= 4 is 49.8 Å². The molecular formula is C61H44N2. The van der Waals surface area contributed by atoms with Gasteiger partial charge in [0.1, 0.15) is 0 Å². The molecule has 63 heavy (non-hydrogen) atoms. The van der Waals surface area contributed by atoms with Gasteiger partial charge in [0.15, 0.2) is 0 Å². The summed E-state index contributed by atoms with van der Waals surface area (Å²) in [6.45, 7) is 0. The summed E-state index contributed by atoms with van der Waals surface area (Å²) in [6, 6.07) is 60.8. The Morgan fingerprint density at radius 3 is 1.98 bits per heavy atom. The third kappa shape index (κ3) is 5.86. The number of rotatable bonds is 6. The maximum atomic E-state index is 2.58. The molecule has 2 heteroatoms. The van der Waals surface area contributed by atoms with E-state index < -0.39 is 0 Å². The molecule has 7 aromatic carbocycles. The van der Waals surface area contributed by atoms with Gasteiger partial charge in [-0.2, -0.15) is 0 Å². The van der Waals surface area contributed by atoms with Gasteiger partial charge in [0.25, 0.3) is 0 Å². The number of allylic oxidation sites excluding steroid dienone is 11. The molecule has 0 spiro atoms. The van der Waals surface area contributed by atoms with Crippen LogP contribution in [0.5, 0.6) is 0 Å². The second-order valence-corrected chi connectivity index (χ2v) is 17.5. The van der Waals surface area contributed by atoms with Crippen molar-refractivity contribution in [1.29, 1.82) is 0 Å². The number of nitrogens with zero attached hydrogens (tertiary/aromatic N) is 2.